The van der Waals surface area contributed by atoms with E-state index in [4.69, 9.17) is 11.6 Å². The Morgan fingerprint density at radius 2 is 2.13 bits per heavy atom. The van der Waals surface area contributed by atoms with E-state index < -0.39 is 11.9 Å². The molecule has 0 bridgehead atoms. The summed E-state index contributed by atoms with van der Waals surface area (Å²) >= 11 is 6.12. The molecule has 120 valence electrons. The minimum atomic E-state index is -0.858. The quantitative estimate of drug-likeness (QED) is 0.917. The summed E-state index contributed by atoms with van der Waals surface area (Å²) in [6.07, 6.45) is 2.22. The second-order valence-corrected chi connectivity index (χ2v) is 6.55. The van der Waals surface area contributed by atoms with E-state index in [1.54, 1.807) is 29.3 Å². The molecule has 1 saturated heterocycles. The van der Waals surface area contributed by atoms with Gasteiger partial charge in [-0.05, 0) is 30.5 Å². The molecule has 0 radical (unpaired) electrons. The maximum absolute atomic E-state index is 12.9. The van der Waals surface area contributed by atoms with Crippen molar-refractivity contribution in [3.8, 4) is 0 Å². The molecule has 1 aliphatic rings. The van der Waals surface area contributed by atoms with E-state index in [1.807, 2.05) is 13.0 Å². The number of piperidine rings is 1. The molecule has 2 atom stereocenters. The number of benzene rings is 1. The van der Waals surface area contributed by atoms with Gasteiger partial charge in [-0.2, -0.15) is 0 Å². The van der Waals surface area contributed by atoms with Crippen LogP contribution in [0.3, 0.4) is 0 Å². The summed E-state index contributed by atoms with van der Waals surface area (Å²) in [6, 6.07) is 7.01. The molecule has 1 aliphatic heterocycles. The van der Waals surface area contributed by atoms with Gasteiger partial charge in [0.1, 0.15) is 0 Å². The van der Waals surface area contributed by atoms with Gasteiger partial charge in [-0.3, -0.25) is 14.6 Å². The molecule has 0 saturated carbocycles. The first-order chi connectivity index (χ1) is 11.0. The van der Waals surface area contributed by atoms with Gasteiger partial charge in [0.25, 0.3) is 5.91 Å². The first kappa shape index (κ1) is 15.7. The fraction of sp³-hybridized carbons (Fsp3) is 0.353. The number of carboxylic acid groups (broad SMARTS) is 1. The summed E-state index contributed by atoms with van der Waals surface area (Å²) in [5, 5.41) is 10.5. The van der Waals surface area contributed by atoms with E-state index in [2.05, 4.69) is 4.98 Å². The molecule has 1 amide bonds. The Hall–Kier alpha value is -2.14. The number of carbonyl (C=O) groups excluding carboxylic acids is 1. The molecule has 2 heterocycles. The third-order valence-corrected chi connectivity index (χ3v) is 4.41. The first-order valence-corrected chi connectivity index (χ1v) is 7.90. The fourth-order valence-corrected chi connectivity index (χ4v) is 3.41. The van der Waals surface area contributed by atoms with Crippen molar-refractivity contribution in [1.29, 1.82) is 0 Å². The van der Waals surface area contributed by atoms with Gasteiger partial charge in [-0.15, -0.1) is 0 Å². The number of nitrogens with zero attached hydrogens (tertiary/aromatic N) is 2. The standard InChI is InChI=1S/C17H17ClN2O3/c1-10-5-12(17(22)23)9-20(8-10)16(21)14-7-13(18)6-11-3-2-4-19-15(11)14/h2-4,6-7,10,12H,5,8-9H2,1H3,(H,22,23). The molecule has 2 aromatic rings. The number of halogens is 1. The number of aliphatic carboxylic acids is 1. The van der Waals surface area contributed by atoms with Crippen LogP contribution < -0.4 is 0 Å². The molecule has 3 rings (SSSR count). The normalized spacial score (nSPS) is 21.4. The molecule has 5 nitrogen and oxygen atoms in total. The topological polar surface area (TPSA) is 70.5 Å². The van der Waals surface area contributed by atoms with Crippen LogP contribution >= 0.6 is 11.6 Å². The van der Waals surface area contributed by atoms with E-state index in [0.717, 1.165) is 5.39 Å². The van der Waals surface area contributed by atoms with Crippen molar-refractivity contribution < 1.29 is 14.7 Å². The molecule has 23 heavy (non-hydrogen) atoms. The monoisotopic (exact) mass is 332 g/mol. The molecule has 6 heteroatoms. The first-order valence-electron chi connectivity index (χ1n) is 7.52. The summed E-state index contributed by atoms with van der Waals surface area (Å²) in [5.41, 5.74) is 1.01. The third-order valence-electron chi connectivity index (χ3n) is 4.20. The van der Waals surface area contributed by atoms with Crippen LogP contribution in [-0.4, -0.2) is 40.0 Å². The predicted octanol–water partition coefficient (Wildman–Crippen LogP) is 3.07. The lowest BCUT2D eigenvalue weighted by atomic mass is 9.90. The highest BCUT2D eigenvalue weighted by molar-refractivity contribution is 6.32. The highest BCUT2D eigenvalue weighted by Gasteiger charge is 2.33. The van der Waals surface area contributed by atoms with Gasteiger partial charge in [0.15, 0.2) is 0 Å². The molecular weight excluding hydrogens is 316 g/mol. The highest BCUT2D eigenvalue weighted by Crippen LogP contribution is 2.27. The maximum Gasteiger partial charge on any atom is 0.308 e. The van der Waals surface area contributed by atoms with E-state index in [9.17, 15) is 14.7 Å². The van der Waals surface area contributed by atoms with Crippen LogP contribution in [0.15, 0.2) is 30.5 Å². The van der Waals surface area contributed by atoms with E-state index in [1.165, 1.54) is 0 Å². The van der Waals surface area contributed by atoms with Crippen molar-refractivity contribution in [3.63, 3.8) is 0 Å². The van der Waals surface area contributed by atoms with Crippen LogP contribution in [0.5, 0.6) is 0 Å². The number of hydrogen-bond acceptors (Lipinski definition) is 3. The van der Waals surface area contributed by atoms with Crippen molar-refractivity contribution in [1.82, 2.24) is 9.88 Å². The zero-order chi connectivity index (χ0) is 16.6. The number of pyridine rings is 1. The molecule has 1 N–H and O–H groups in total. The van der Waals surface area contributed by atoms with Crippen LogP contribution in [0.25, 0.3) is 10.9 Å². The van der Waals surface area contributed by atoms with E-state index in [-0.39, 0.29) is 18.4 Å². The molecule has 1 fully saturated rings. The SMILES string of the molecule is CC1CC(C(=O)O)CN(C(=O)c2cc(Cl)cc3cccnc23)C1. The van der Waals surface area contributed by atoms with Crippen molar-refractivity contribution >= 4 is 34.4 Å². The Morgan fingerprint density at radius 3 is 2.87 bits per heavy atom. The summed E-state index contributed by atoms with van der Waals surface area (Å²) in [4.78, 5) is 30.1. The number of amides is 1. The van der Waals surface area contributed by atoms with Gasteiger partial charge in [0, 0.05) is 29.7 Å². The molecule has 0 spiro atoms. The smallest absolute Gasteiger partial charge is 0.308 e. The Balaban J connectivity index is 1.98. The minimum absolute atomic E-state index is 0.146. The zero-order valence-electron chi connectivity index (χ0n) is 12.7. The Labute approximate surface area is 138 Å². The van der Waals surface area contributed by atoms with Crippen LogP contribution in [0.2, 0.25) is 5.02 Å². The number of rotatable bonds is 2. The van der Waals surface area contributed by atoms with Gasteiger partial charge in [0.2, 0.25) is 0 Å². The maximum atomic E-state index is 12.9. The second-order valence-electron chi connectivity index (χ2n) is 6.11. The average molecular weight is 333 g/mol. The lowest BCUT2D eigenvalue weighted by Crippen LogP contribution is -2.45. The summed E-state index contributed by atoms with van der Waals surface area (Å²) < 4.78 is 0. The molecule has 1 aromatic carbocycles. The Kier molecular flexibility index (Phi) is 4.22. The minimum Gasteiger partial charge on any atom is -0.481 e. The molecular formula is C17H17ClN2O3. The average Bonchev–Trinajstić information content (AvgIpc) is 2.52. The van der Waals surface area contributed by atoms with Gasteiger partial charge in [0.05, 0.1) is 17.0 Å². The molecule has 1 aromatic heterocycles. The number of hydrogen-bond donors (Lipinski definition) is 1. The van der Waals surface area contributed by atoms with Crippen LogP contribution in [-0.2, 0) is 4.79 Å². The van der Waals surface area contributed by atoms with Crippen molar-refractivity contribution in [2.75, 3.05) is 13.1 Å². The lowest BCUT2D eigenvalue weighted by molar-refractivity contribution is -0.143. The number of fused-ring (bicyclic) bond motifs is 1. The lowest BCUT2D eigenvalue weighted by Gasteiger charge is -2.34. The Bertz CT molecular complexity index is 778. The van der Waals surface area contributed by atoms with Gasteiger partial charge in [-0.25, -0.2) is 0 Å². The van der Waals surface area contributed by atoms with Gasteiger partial charge in [-0.1, -0.05) is 24.6 Å². The van der Waals surface area contributed by atoms with Crippen molar-refractivity contribution in [2.24, 2.45) is 11.8 Å². The number of aromatic nitrogens is 1. The van der Waals surface area contributed by atoms with Gasteiger partial charge >= 0.3 is 5.97 Å². The molecule has 0 aliphatic carbocycles. The van der Waals surface area contributed by atoms with Crippen LogP contribution in [0.1, 0.15) is 23.7 Å². The van der Waals surface area contributed by atoms with Crippen LogP contribution in [0.4, 0.5) is 0 Å². The largest absolute Gasteiger partial charge is 0.481 e. The predicted molar refractivity (Wildman–Crippen MR) is 87.6 cm³/mol. The Morgan fingerprint density at radius 1 is 1.35 bits per heavy atom. The van der Waals surface area contributed by atoms with E-state index in [0.29, 0.717) is 29.1 Å². The van der Waals surface area contributed by atoms with E-state index >= 15 is 0 Å². The van der Waals surface area contributed by atoms with Gasteiger partial charge < -0.3 is 10.0 Å². The number of likely N-dealkylation sites (tertiary alicyclic amines) is 1. The third kappa shape index (κ3) is 3.15. The second kappa shape index (κ2) is 6.16. The van der Waals surface area contributed by atoms with Crippen molar-refractivity contribution in [2.45, 2.75) is 13.3 Å². The van der Waals surface area contributed by atoms with Crippen molar-refractivity contribution in [3.05, 3.63) is 41.0 Å². The fourth-order valence-electron chi connectivity index (χ4n) is 3.19. The summed E-state index contributed by atoms with van der Waals surface area (Å²) in [7, 11) is 0. The number of carboxylic acids is 1. The summed E-state index contributed by atoms with van der Waals surface area (Å²) in [5.74, 6) is -1.45. The highest BCUT2D eigenvalue weighted by atomic mass is 35.5. The summed E-state index contributed by atoms with van der Waals surface area (Å²) in [6.45, 7) is 2.73. The zero-order valence-corrected chi connectivity index (χ0v) is 13.5. The molecule has 2 unspecified atom stereocenters. The number of carbonyl (C=O) groups is 2. The van der Waals surface area contributed by atoms with Crippen LogP contribution in [0, 0.1) is 11.8 Å².